The molecule has 0 aliphatic rings. The predicted octanol–water partition coefficient (Wildman–Crippen LogP) is 3.53. The quantitative estimate of drug-likeness (QED) is 0.552. The van der Waals surface area contributed by atoms with Crippen LogP contribution in [-0.2, 0) is 0 Å². The maximum absolute atomic E-state index is 8.81. The van der Waals surface area contributed by atoms with E-state index in [1.54, 1.807) is 6.08 Å². The third-order valence-corrected chi connectivity index (χ3v) is 2.36. The maximum Gasteiger partial charge on any atom is 0.0700 e. The maximum atomic E-state index is 8.81. The molecule has 0 bridgehead atoms. The Kier molecular flexibility index (Phi) is 6.47. The van der Waals surface area contributed by atoms with Crippen molar-refractivity contribution >= 4 is 0 Å². The van der Waals surface area contributed by atoms with Gasteiger partial charge in [-0.25, -0.2) is 0 Å². The average Bonchev–Trinajstić information content (AvgIpc) is 2.12. The highest BCUT2D eigenvalue weighted by Gasteiger charge is 2.15. The van der Waals surface area contributed by atoms with Crippen LogP contribution in [0, 0.1) is 23.2 Å². The molecule has 0 aliphatic heterocycles. The molecule has 0 saturated carbocycles. The molecule has 0 heterocycles. The van der Waals surface area contributed by atoms with Gasteiger partial charge in [0.05, 0.1) is 12.0 Å². The van der Waals surface area contributed by atoms with E-state index in [4.69, 9.17) is 5.26 Å². The van der Waals surface area contributed by atoms with Crippen LogP contribution in [0.25, 0.3) is 0 Å². The first-order valence-electron chi connectivity index (χ1n) is 4.82. The van der Waals surface area contributed by atoms with Gasteiger partial charge < -0.3 is 0 Å². The Morgan fingerprint density at radius 2 is 2.17 bits per heavy atom. The number of unbranched alkanes of at least 4 members (excludes halogenated alkanes) is 1. The zero-order valence-corrected chi connectivity index (χ0v) is 8.21. The van der Waals surface area contributed by atoms with E-state index >= 15 is 0 Å². The molecule has 1 nitrogen and oxygen atoms in total. The molecule has 0 rings (SSSR count). The first-order valence-corrected chi connectivity index (χ1v) is 4.82. The van der Waals surface area contributed by atoms with Gasteiger partial charge in [0.2, 0.25) is 0 Å². The van der Waals surface area contributed by atoms with Crippen molar-refractivity contribution in [2.75, 3.05) is 0 Å². The minimum absolute atomic E-state index is 0.0570. The number of hydrogen-bond acceptors (Lipinski definition) is 1. The largest absolute Gasteiger partial charge is 0.198 e. The third kappa shape index (κ3) is 3.57. The highest BCUT2D eigenvalue weighted by Crippen LogP contribution is 2.22. The summed E-state index contributed by atoms with van der Waals surface area (Å²) in [5.41, 5.74) is 0. The van der Waals surface area contributed by atoms with E-state index in [1.807, 2.05) is 0 Å². The lowest BCUT2D eigenvalue weighted by Crippen LogP contribution is -2.09. The average molecular weight is 165 g/mol. The Morgan fingerprint density at radius 1 is 1.50 bits per heavy atom. The second-order valence-electron chi connectivity index (χ2n) is 3.20. The van der Waals surface area contributed by atoms with E-state index in [1.165, 1.54) is 12.8 Å². The first-order chi connectivity index (χ1) is 5.79. The van der Waals surface area contributed by atoms with Crippen LogP contribution in [0.15, 0.2) is 12.7 Å². The van der Waals surface area contributed by atoms with Crippen molar-refractivity contribution in [2.24, 2.45) is 11.8 Å². The molecule has 0 aromatic carbocycles. The molecule has 12 heavy (non-hydrogen) atoms. The summed E-state index contributed by atoms with van der Waals surface area (Å²) in [7, 11) is 0. The summed E-state index contributed by atoms with van der Waals surface area (Å²) >= 11 is 0. The Morgan fingerprint density at radius 3 is 2.50 bits per heavy atom. The molecule has 0 spiro atoms. The van der Waals surface area contributed by atoms with Crippen LogP contribution in [-0.4, -0.2) is 0 Å². The van der Waals surface area contributed by atoms with Gasteiger partial charge in [0.15, 0.2) is 0 Å². The minimum atomic E-state index is 0.0570. The fourth-order valence-corrected chi connectivity index (χ4v) is 1.45. The lowest BCUT2D eigenvalue weighted by molar-refractivity contribution is 0.400. The Labute approximate surface area is 76.1 Å². The van der Waals surface area contributed by atoms with Crippen molar-refractivity contribution in [1.82, 2.24) is 0 Å². The Bertz CT molecular complexity index is 155. The highest BCUT2D eigenvalue weighted by atomic mass is 14.3. The van der Waals surface area contributed by atoms with E-state index in [0.717, 1.165) is 12.8 Å². The molecule has 0 saturated heterocycles. The van der Waals surface area contributed by atoms with Gasteiger partial charge in [-0.1, -0.05) is 39.2 Å². The Balaban J connectivity index is 3.95. The molecule has 2 atom stereocenters. The van der Waals surface area contributed by atoms with Crippen LogP contribution in [0.2, 0.25) is 0 Å². The zero-order valence-electron chi connectivity index (χ0n) is 8.21. The molecule has 0 amide bonds. The van der Waals surface area contributed by atoms with Gasteiger partial charge in [-0.2, -0.15) is 5.26 Å². The van der Waals surface area contributed by atoms with Gasteiger partial charge in [-0.15, -0.1) is 6.58 Å². The topological polar surface area (TPSA) is 23.8 Å². The van der Waals surface area contributed by atoms with Crippen LogP contribution in [0.4, 0.5) is 0 Å². The number of rotatable bonds is 6. The Hall–Kier alpha value is -0.770. The SMILES string of the molecule is C=CC(C#N)C(CC)CCCC. The molecule has 0 aliphatic carbocycles. The standard InChI is InChI=1S/C11H19N/c1-4-7-8-10(5-2)11(6-3)9-12/h6,10-11H,3-5,7-8H2,1-2H3. The van der Waals surface area contributed by atoms with E-state index < -0.39 is 0 Å². The summed E-state index contributed by atoms with van der Waals surface area (Å²) in [5.74, 6) is 0.578. The van der Waals surface area contributed by atoms with Gasteiger partial charge in [-0.3, -0.25) is 0 Å². The van der Waals surface area contributed by atoms with Gasteiger partial charge in [-0.05, 0) is 12.3 Å². The molecule has 68 valence electrons. The van der Waals surface area contributed by atoms with Crippen molar-refractivity contribution in [3.8, 4) is 6.07 Å². The third-order valence-electron chi connectivity index (χ3n) is 2.36. The van der Waals surface area contributed by atoms with Crippen molar-refractivity contribution < 1.29 is 0 Å². The van der Waals surface area contributed by atoms with Crippen molar-refractivity contribution in [3.63, 3.8) is 0 Å². The van der Waals surface area contributed by atoms with Crippen molar-refractivity contribution in [2.45, 2.75) is 39.5 Å². The molecule has 2 unspecified atom stereocenters. The molecule has 0 aromatic rings. The zero-order chi connectivity index (χ0) is 9.40. The monoisotopic (exact) mass is 165 g/mol. The van der Waals surface area contributed by atoms with Gasteiger partial charge >= 0.3 is 0 Å². The van der Waals surface area contributed by atoms with Crippen LogP contribution < -0.4 is 0 Å². The van der Waals surface area contributed by atoms with Crippen LogP contribution in [0.5, 0.6) is 0 Å². The molecule has 0 N–H and O–H groups in total. The van der Waals surface area contributed by atoms with E-state index in [2.05, 4.69) is 26.5 Å². The predicted molar refractivity (Wildman–Crippen MR) is 52.6 cm³/mol. The molecule has 1 heteroatoms. The second kappa shape index (κ2) is 6.91. The number of nitriles is 1. The number of allylic oxidation sites excluding steroid dienone is 1. The molecular formula is C11H19N. The first kappa shape index (κ1) is 11.2. The highest BCUT2D eigenvalue weighted by molar-refractivity contribution is 4.98. The fourth-order valence-electron chi connectivity index (χ4n) is 1.45. The summed E-state index contributed by atoms with van der Waals surface area (Å²) in [4.78, 5) is 0. The van der Waals surface area contributed by atoms with Gasteiger partial charge in [0, 0.05) is 0 Å². The molecule has 0 aromatic heterocycles. The van der Waals surface area contributed by atoms with Gasteiger partial charge in [0.25, 0.3) is 0 Å². The normalized spacial score (nSPS) is 14.8. The van der Waals surface area contributed by atoms with Crippen LogP contribution in [0.3, 0.4) is 0 Å². The fraction of sp³-hybridized carbons (Fsp3) is 0.727. The lowest BCUT2D eigenvalue weighted by atomic mass is 9.87. The minimum Gasteiger partial charge on any atom is -0.198 e. The smallest absolute Gasteiger partial charge is 0.0700 e. The molecule has 0 radical (unpaired) electrons. The summed E-state index contributed by atoms with van der Waals surface area (Å²) in [5, 5.41) is 8.81. The molecule has 0 fully saturated rings. The summed E-state index contributed by atoms with van der Waals surface area (Å²) in [6.45, 7) is 8.02. The van der Waals surface area contributed by atoms with E-state index in [-0.39, 0.29) is 5.92 Å². The number of hydrogen-bond donors (Lipinski definition) is 0. The molecular weight excluding hydrogens is 146 g/mol. The van der Waals surface area contributed by atoms with Crippen LogP contribution in [0.1, 0.15) is 39.5 Å². The lowest BCUT2D eigenvalue weighted by Gasteiger charge is -2.16. The summed E-state index contributed by atoms with van der Waals surface area (Å²) in [6.07, 6.45) is 6.47. The van der Waals surface area contributed by atoms with E-state index in [9.17, 15) is 0 Å². The van der Waals surface area contributed by atoms with Gasteiger partial charge in [0.1, 0.15) is 0 Å². The summed E-state index contributed by atoms with van der Waals surface area (Å²) in [6, 6.07) is 2.29. The van der Waals surface area contributed by atoms with E-state index in [0.29, 0.717) is 5.92 Å². The van der Waals surface area contributed by atoms with Crippen LogP contribution >= 0.6 is 0 Å². The second-order valence-corrected chi connectivity index (χ2v) is 3.20. The summed E-state index contributed by atoms with van der Waals surface area (Å²) < 4.78 is 0. The van der Waals surface area contributed by atoms with Crippen molar-refractivity contribution in [3.05, 3.63) is 12.7 Å². The van der Waals surface area contributed by atoms with Crippen molar-refractivity contribution in [1.29, 1.82) is 5.26 Å². The number of nitrogens with zero attached hydrogens (tertiary/aromatic N) is 1.